The van der Waals surface area contributed by atoms with Crippen LogP contribution in [-0.4, -0.2) is 57.6 Å². The van der Waals surface area contributed by atoms with Crippen molar-refractivity contribution in [2.75, 3.05) is 14.2 Å². The van der Waals surface area contributed by atoms with Crippen LogP contribution in [-0.2, 0) is 20.3 Å². The quantitative estimate of drug-likeness (QED) is 0.322. The fourth-order valence-electron chi connectivity index (χ4n) is 3.94. The zero-order chi connectivity index (χ0) is 26.7. The molecule has 10 nitrogen and oxygen atoms in total. The number of ether oxygens (including phenoxy) is 2. The van der Waals surface area contributed by atoms with E-state index in [0.717, 1.165) is 11.1 Å². The number of sulfone groups is 1. The molecule has 0 spiro atoms. The first-order valence-electron chi connectivity index (χ1n) is 11.4. The predicted octanol–water partition coefficient (Wildman–Crippen LogP) is 3.57. The summed E-state index contributed by atoms with van der Waals surface area (Å²) in [6, 6.07) is 6.14. The van der Waals surface area contributed by atoms with Gasteiger partial charge in [0.1, 0.15) is 23.3 Å². The largest absolute Gasteiger partial charge is 0.494 e. The smallest absolute Gasteiger partial charge is 0.170 e. The molecule has 3 heterocycles. The maximum absolute atomic E-state index is 15.2. The molecule has 1 aromatic carbocycles. The summed E-state index contributed by atoms with van der Waals surface area (Å²) in [7, 11) is -1.13. The van der Waals surface area contributed by atoms with Crippen LogP contribution in [0.3, 0.4) is 0 Å². The van der Waals surface area contributed by atoms with E-state index in [2.05, 4.69) is 25.1 Å². The number of aromatic nitrogens is 6. The van der Waals surface area contributed by atoms with Crippen LogP contribution in [0, 0.1) is 19.7 Å². The monoisotopic (exact) mass is 526 g/mol. The van der Waals surface area contributed by atoms with Crippen molar-refractivity contribution in [3.8, 4) is 22.8 Å². The molecule has 0 saturated carbocycles. The minimum Gasteiger partial charge on any atom is -0.494 e. The Balaban J connectivity index is 1.82. The molecule has 0 N–H and O–H groups in total. The highest BCUT2D eigenvalue weighted by Crippen LogP contribution is 2.33. The van der Waals surface area contributed by atoms with Gasteiger partial charge < -0.3 is 9.47 Å². The Morgan fingerprint density at radius 3 is 2.41 bits per heavy atom. The van der Waals surface area contributed by atoms with Crippen LogP contribution >= 0.6 is 0 Å². The lowest BCUT2D eigenvalue weighted by atomic mass is 10.2. The van der Waals surface area contributed by atoms with Gasteiger partial charge >= 0.3 is 0 Å². The van der Waals surface area contributed by atoms with E-state index >= 15 is 4.39 Å². The van der Waals surface area contributed by atoms with E-state index in [0.29, 0.717) is 5.56 Å². The molecular weight excluding hydrogens is 499 g/mol. The number of aryl methyl sites for hydroxylation is 2. The summed E-state index contributed by atoms with van der Waals surface area (Å²) in [5.41, 5.74) is 2.21. The molecule has 0 amide bonds. The van der Waals surface area contributed by atoms with Crippen LogP contribution in [0.25, 0.3) is 17.1 Å². The van der Waals surface area contributed by atoms with Crippen molar-refractivity contribution in [3.63, 3.8) is 0 Å². The molecule has 4 rings (SSSR count). The van der Waals surface area contributed by atoms with Crippen molar-refractivity contribution in [2.45, 2.75) is 37.9 Å². The Labute approximate surface area is 214 Å². The van der Waals surface area contributed by atoms with Crippen molar-refractivity contribution >= 4 is 9.84 Å². The summed E-state index contributed by atoms with van der Waals surface area (Å²) in [5, 5.41) is 7.35. The molecule has 37 heavy (non-hydrogen) atoms. The first-order valence-corrected chi connectivity index (χ1v) is 13.1. The van der Waals surface area contributed by atoms with Crippen molar-refractivity contribution in [3.05, 3.63) is 77.6 Å². The highest BCUT2D eigenvalue weighted by molar-refractivity contribution is 7.91. The normalized spacial score (nSPS) is 13.4. The van der Waals surface area contributed by atoms with Crippen LogP contribution in [0.4, 0.5) is 4.39 Å². The maximum Gasteiger partial charge on any atom is 0.170 e. The third kappa shape index (κ3) is 5.35. The molecule has 0 saturated heterocycles. The Morgan fingerprint density at radius 2 is 1.76 bits per heavy atom. The lowest BCUT2D eigenvalue weighted by Crippen LogP contribution is -2.30. The number of hydrogen-bond donors (Lipinski definition) is 0. The van der Waals surface area contributed by atoms with Crippen LogP contribution in [0.1, 0.15) is 35.8 Å². The van der Waals surface area contributed by atoms with Crippen molar-refractivity contribution in [2.24, 2.45) is 0 Å². The summed E-state index contributed by atoms with van der Waals surface area (Å²) >= 11 is 0. The number of methoxy groups -OCH3 is 2. The van der Waals surface area contributed by atoms with Gasteiger partial charge in [0.15, 0.2) is 33.1 Å². The summed E-state index contributed by atoms with van der Waals surface area (Å²) in [6.45, 7) is 5.20. The Kier molecular flexibility index (Phi) is 7.60. The summed E-state index contributed by atoms with van der Waals surface area (Å²) in [5.74, 6) is -0.516. The molecule has 0 aliphatic rings. The van der Waals surface area contributed by atoms with E-state index in [9.17, 15) is 8.42 Å². The van der Waals surface area contributed by atoms with Gasteiger partial charge in [-0.05, 0) is 50.1 Å². The summed E-state index contributed by atoms with van der Waals surface area (Å²) in [4.78, 5) is 12.7. The molecule has 194 valence electrons. The first-order chi connectivity index (χ1) is 17.7. The standard InChI is InChI=1S/C25H27FN6O4S/c1-15-9-18(13-27-10-15)25-31-30-21(32(25)22-19(26)7-6-8-20(22)35-4)14-37(33,34)17(3)23(36-5)24-28-11-16(2)12-29-24/h6-13,17,23H,14H2,1-5H3/t17-,23-/m0/s1. The molecule has 4 aromatic rings. The van der Waals surface area contributed by atoms with Gasteiger partial charge in [0, 0.05) is 37.5 Å². The summed E-state index contributed by atoms with van der Waals surface area (Å²) in [6.07, 6.45) is 5.48. The van der Waals surface area contributed by atoms with Gasteiger partial charge in [-0.3, -0.25) is 9.55 Å². The molecule has 3 aromatic heterocycles. The highest BCUT2D eigenvalue weighted by atomic mass is 32.2. The Morgan fingerprint density at radius 1 is 1.03 bits per heavy atom. The number of para-hydroxylation sites is 1. The van der Waals surface area contributed by atoms with Gasteiger partial charge in [0.2, 0.25) is 0 Å². The van der Waals surface area contributed by atoms with Gasteiger partial charge in [0.05, 0.1) is 12.4 Å². The van der Waals surface area contributed by atoms with Gasteiger partial charge in [-0.2, -0.15) is 0 Å². The van der Waals surface area contributed by atoms with E-state index < -0.39 is 32.8 Å². The summed E-state index contributed by atoms with van der Waals surface area (Å²) < 4.78 is 54.7. The van der Waals surface area contributed by atoms with Crippen LogP contribution in [0.15, 0.2) is 49.1 Å². The zero-order valence-electron chi connectivity index (χ0n) is 21.1. The van der Waals surface area contributed by atoms with Crippen LogP contribution in [0.2, 0.25) is 0 Å². The van der Waals surface area contributed by atoms with Gasteiger partial charge in [-0.1, -0.05) is 6.07 Å². The highest BCUT2D eigenvalue weighted by Gasteiger charge is 2.35. The van der Waals surface area contributed by atoms with Crippen molar-refractivity contribution < 1.29 is 22.3 Å². The van der Waals surface area contributed by atoms with Crippen molar-refractivity contribution in [1.29, 1.82) is 0 Å². The van der Waals surface area contributed by atoms with E-state index in [1.807, 2.05) is 13.8 Å². The number of halogens is 1. The zero-order valence-corrected chi connectivity index (χ0v) is 21.9. The SMILES string of the molecule is COc1cccc(F)c1-n1c(CS(=O)(=O)[C@@H](C)[C@H](OC)c2ncc(C)cn2)nnc1-c1cncc(C)c1. The average Bonchev–Trinajstić information content (AvgIpc) is 3.27. The van der Waals surface area contributed by atoms with Crippen LogP contribution in [0.5, 0.6) is 5.75 Å². The fraction of sp³-hybridized carbons (Fsp3) is 0.320. The molecule has 12 heteroatoms. The Hall–Kier alpha value is -3.77. The van der Waals surface area contributed by atoms with E-state index in [4.69, 9.17) is 9.47 Å². The molecule has 0 radical (unpaired) electrons. The molecule has 0 unspecified atom stereocenters. The average molecular weight is 527 g/mol. The molecule has 0 aliphatic heterocycles. The van der Waals surface area contributed by atoms with Gasteiger partial charge in [0.25, 0.3) is 0 Å². The number of benzene rings is 1. The molecule has 0 bridgehead atoms. The van der Waals surface area contributed by atoms with Crippen molar-refractivity contribution in [1.82, 2.24) is 29.7 Å². The fourth-order valence-corrected chi connectivity index (χ4v) is 5.36. The molecular formula is C25H27FN6O4S. The van der Waals surface area contributed by atoms with Gasteiger partial charge in [-0.15, -0.1) is 10.2 Å². The lowest BCUT2D eigenvalue weighted by molar-refractivity contribution is 0.0947. The second kappa shape index (κ2) is 10.7. The third-order valence-electron chi connectivity index (χ3n) is 5.89. The minimum absolute atomic E-state index is 0.00508. The molecule has 0 aliphatic carbocycles. The first kappa shape index (κ1) is 26.3. The molecule has 0 fully saturated rings. The topological polar surface area (TPSA) is 122 Å². The van der Waals surface area contributed by atoms with E-state index in [1.165, 1.54) is 37.8 Å². The van der Waals surface area contributed by atoms with E-state index in [-0.39, 0.29) is 28.9 Å². The molecule has 2 atom stereocenters. The predicted molar refractivity (Wildman–Crippen MR) is 134 cm³/mol. The van der Waals surface area contributed by atoms with Crippen LogP contribution < -0.4 is 4.74 Å². The van der Waals surface area contributed by atoms with Gasteiger partial charge in [-0.25, -0.2) is 22.8 Å². The second-order valence-electron chi connectivity index (χ2n) is 8.60. The number of pyridine rings is 1. The lowest BCUT2D eigenvalue weighted by Gasteiger charge is -2.22. The van der Waals surface area contributed by atoms with E-state index in [1.54, 1.807) is 36.9 Å². The number of nitrogens with zero attached hydrogens (tertiary/aromatic N) is 6. The Bertz CT molecular complexity index is 1510. The number of rotatable bonds is 9. The third-order valence-corrected chi connectivity index (χ3v) is 7.93. The second-order valence-corrected chi connectivity index (χ2v) is 11.0. The number of hydrogen-bond acceptors (Lipinski definition) is 9. The maximum atomic E-state index is 15.2. The minimum atomic E-state index is -3.93.